The van der Waals surface area contributed by atoms with Gasteiger partial charge in [0.05, 0.1) is 0 Å². The number of hydrogen-bond acceptors (Lipinski definition) is 4. The highest BCUT2D eigenvalue weighted by atomic mass is 79.9. The van der Waals surface area contributed by atoms with Gasteiger partial charge in [0.2, 0.25) is 0 Å². The molecule has 0 amide bonds. The number of anilines is 1. The summed E-state index contributed by atoms with van der Waals surface area (Å²) in [4.78, 5) is 11.3. The molecule has 0 N–H and O–H groups in total. The minimum absolute atomic E-state index is 0.856. The quantitative estimate of drug-likeness (QED) is 0.810. The third-order valence-electron chi connectivity index (χ3n) is 2.85. The molecule has 0 aliphatic carbocycles. The fourth-order valence-electron chi connectivity index (χ4n) is 2.06. The van der Waals surface area contributed by atoms with Crippen molar-refractivity contribution in [3.05, 3.63) is 23.2 Å². The first-order valence-electron chi connectivity index (χ1n) is 5.66. The number of aromatic nitrogens is 3. The Hall–Kier alpha value is -0.750. The van der Waals surface area contributed by atoms with Crippen LogP contribution in [-0.4, -0.2) is 39.0 Å². The fraction of sp³-hybridized carbons (Fsp3) is 0.455. The Morgan fingerprint density at radius 1 is 1.29 bits per heavy atom. The van der Waals surface area contributed by atoms with Crippen molar-refractivity contribution in [3.8, 4) is 0 Å². The van der Waals surface area contributed by atoms with Crippen LogP contribution in [0.1, 0.15) is 6.42 Å². The van der Waals surface area contributed by atoms with Crippen LogP contribution in [0, 0.1) is 0 Å². The molecule has 0 spiro atoms. The van der Waals surface area contributed by atoms with Crippen molar-refractivity contribution in [2.45, 2.75) is 6.42 Å². The summed E-state index contributed by atoms with van der Waals surface area (Å²) in [5.74, 6) is 3.41. The molecule has 1 aliphatic heterocycles. The standard InChI is InChI=1S/C11H13BrN4S/c12-9-8-16-4-2-13-10(16)11(14-9)15-3-1-6-17-7-5-15/h2,4,8H,1,3,5-7H2. The van der Waals surface area contributed by atoms with Crippen LogP contribution in [0.2, 0.25) is 0 Å². The molecule has 0 radical (unpaired) electrons. The van der Waals surface area contributed by atoms with Gasteiger partial charge in [0.1, 0.15) is 4.60 Å². The molecule has 90 valence electrons. The number of thioether (sulfide) groups is 1. The number of hydrogen-bond donors (Lipinski definition) is 0. The summed E-state index contributed by atoms with van der Waals surface area (Å²) in [6.07, 6.45) is 6.93. The van der Waals surface area contributed by atoms with Gasteiger partial charge in [0.15, 0.2) is 11.5 Å². The summed E-state index contributed by atoms with van der Waals surface area (Å²) in [5.41, 5.74) is 0.945. The van der Waals surface area contributed by atoms with Crippen LogP contribution < -0.4 is 4.90 Å². The highest BCUT2D eigenvalue weighted by Crippen LogP contribution is 2.23. The zero-order chi connectivity index (χ0) is 11.7. The van der Waals surface area contributed by atoms with Crippen LogP contribution >= 0.6 is 27.7 Å². The summed E-state index contributed by atoms with van der Waals surface area (Å²) in [6, 6.07) is 0. The van der Waals surface area contributed by atoms with Gasteiger partial charge in [-0.1, -0.05) is 0 Å². The van der Waals surface area contributed by atoms with E-state index in [9.17, 15) is 0 Å². The molecule has 2 aromatic heterocycles. The van der Waals surface area contributed by atoms with E-state index in [2.05, 4.69) is 30.8 Å². The average molecular weight is 313 g/mol. The molecule has 0 bridgehead atoms. The monoisotopic (exact) mass is 312 g/mol. The van der Waals surface area contributed by atoms with Crippen molar-refractivity contribution >= 4 is 39.2 Å². The summed E-state index contributed by atoms with van der Waals surface area (Å²) >= 11 is 5.48. The zero-order valence-corrected chi connectivity index (χ0v) is 11.7. The van der Waals surface area contributed by atoms with E-state index >= 15 is 0 Å². The Morgan fingerprint density at radius 3 is 3.18 bits per heavy atom. The summed E-state index contributed by atoms with van der Waals surface area (Å²) < 4.78 is 2.87. The van der Waals surface area contributed by atoms with Crippen molar-refractivity contribution in [2.75, 3.05) is 29.5 Å². The molecule has 3 heterocycles. The first-order valence-corrected chi connectivity index (χ1v) is 7.61. The molecule has 1 fully saturated rings. The Kier molecular flexibility index (Phi) is 3.24. The second-order valence-electron chi connectivity index (χ2n) is 4.00. The third kappa shape index (κ3) is 2.28. The Balaban J connectivity index is 2.05. The van der Waals surface area contributed by atoms with Crippen molar-refractivity contribution in [1.82, 2.24) is 14.4 Å². The largest absolute Gasteiger partial charge is 0.353 e. The molecule has 0 atom stereocenters. The highest BCUT2D eigenvalue weighted by Gasteiger charge is 2.16. The second-order valence-corrected chi connectivity index (χ2v) is 6.04. The molecular formula is C11H13BrN4S. The lowest BCUT2D eigenvalue weighted by Gasteiger charge is -2.21. The maximum atomic E-state index is 4.59. The van der Waals surface area contributed by atoms with Crippen LogP contribution in [0.3, 0.4) is 0 Å². The number of fused-ring (bicyclic) bond motifs is 1. The van der Waals surface area contributed by atoms with Gasteiger partial charge in [0.25, 0.3) is 0 Å². The van der Waals surface area contributed by atoms with E-state index in [1.165, 1.54) is 17.9 Å². The van der Waals surface area contributed by atoms with E-state index in [1.54, 1.807) is 0 Å². The predicted octanol–water partition coefficient (Wildman–Crippen LogP) is 2.44. The van der Waals surface area contributed by atoms with Gasteiger partial charge in [-0.2, -0.15) is 11.8 Å². The van der Waals surface area contributed by atoms with E-state index in [0.717, 1.165) is 29.2 Å². The van der Waals surface area contributed by atoms with E-state index in [4.69, 9.17) is 0 Å². The molecule has 1 aliphatic rings. The van der Waals surface area contributed by atoms with Crippen molar-refractivity contribution in [3.63, 3.8) is 0 Å². The molecule has 0 saturated carbocycles. The van der Waals surface area contributed by atoms with Gasteiger partial charge in [-0.3, -0.25) is 0 Å². The highest BCUT2D eigenvalue weighted by molar-refractivity contribution is 9.10. The first kappa shape index (κ1) is 11.3. The van der Waals surface area contributed by atoms with E-state index in [1.807, 2.05) is 34.8 Å². The van der Waals surface area contributed by atoms with E-state index in [0.29, 0.717) is 0 Å². The predicted molar refractivity (Wildman–Crippen MR) is 74.8 cm³/mol. The molecule has 4 nitrogen and oxygen atoms in total. The summed E-state index contributed by atoms with van der Waals surface area (Å²) in [6.45, 7) is 2.12. The first-order chi connectivity index (χ1) is 8.34. The van der Waals surface area contributed by atoms with Crippen molar-refractivity contribution in [1.29, 1.82) is 0 Å². The summed E-state index contributed by atoms with van der Waals surface area (Å²) in [7, 11) is 0. The van der Waals surface area contributed by atoms with Gasteiger partial charge >= 0.3 is 0 Å². The van der Waals surface area contributed by atoms with E-state index < -0.39 is 0 Å². The molecule has 0 unspecified atom stereocenters. The molecule has 6 heteroatoms. The van der Waals surface area contributed by atoms with Crippen LogP contribution in [0.15, 0.2) is 23.2 Å². The van der Waals surface area contributed by atoms with Crippen LogP contribution in [0.4, 0.5) is 5.82 Å². The Bertz CT molecular complexity index is 519. The minimum atomic E-state index is 0.856. The van der Waals surface area contributed by atoms with Gasteiger partial charge in [-0.05, 0) is 28.1 Å². The van der Waals surface area contributed by atoms with Gasteiger partial charge < -0.3 is 9.30 Å². The molecule has 17 heavy (non-hydrogen) atoms. The smallest absolute Gasteiger partial charge is 0.180 e. The maximum Gasteiger partial charge on any atom is 0.180 e. The average Bonchev–Trinajstić information content (AvgIpc) is 2.62. The zero-order valence-electron chi connectivity index (χ0n) is 9.34. The van der Waals surface area contributed by atoms with Crippen LogP contribution in [0.5, 0.6) is 0 Å². The molecule has 0 aromatic carbocycles. The lowest BCUT2D eigenvalue weighted by Crippen LogP contribution is -2.27. The Morgan fingerprint density at radius 2 is 2.24 bits per heavy atom. The molecular weight excluding hydrogens is 300 g/mol. The lowest BCUT2D eigenvalue weighted by molar-refractivity contribution is 0.798. The number of rotatable bonds is 1. The molecule has 1 saturated heterocycles. The van der Waals surface area contributed by atoms with E-state index in [-0.39, 0.29) is 0 Å². The minimum Gasteiger partial charge on any atom is -0.353 e. The Labute approximate surface area is 113 Å². The van der Waals surface area contributed by atoms with Crippen molar-refractivity contribution < 1.29 is 0 Å². The maximum absolute atomic E-state index is 4.59. The third-order valence-corrected chi connectivity index (χ3v) is 4.28. The normalized spacial score (nSPS) is 17.4. The summed E-state index contributed by atoms with van der Waals surface area (Å²) in [5, 5.41) is 0. The van der Waals surface area contributed by atoms with Crippen molar-refractivity contribution in [2.24, 2.45) is 0 Å². The topological polar surface area (TPSA) is 33.4 Å². The van der Waals surface area contributed by atoms with Crippen LogP contribution in [-0.2, 0) is 0 Å². The molecule has 3 rings (SSSR count). The molecule has 2 aromatic rings. The number of halogens is 1. The van der Waals surface area contributed by atoms with Gasteiger partial charge in [-0.25, -0.2) is 9.97 Å². The van der Waals surface area contributed by atoms with Gasteiger partial charge in [-0.15, -0.1) is 0 Å². The van der Waals surface area contributed by atoms with Crippen LogP contribution in [0.25, 0.3) is 5.65 Å². The lowest BCUT2D eigenvalue weighted by atomic mass is 10.4. The number of imidazole rings is 1. The number of nitrogens with zero attached hydrogens (tertiary/aromatic N) is 4. The SMILES string of the molecule is Brc1cn2ccnc2c(N2CCCSCC2)n1. The fourth-order valence-corrected chi connectivity index (χ4v) is 3.33. The van der Waals surface area contributed by atoms with Gasteiger partial charge in [0, 0.05) is 37.4 Å². The second kappa shape index (κ2) is 4.86.